The van der Waals surface area contributed by atoms with Gasteiger partial charge in [-0.05, 0) is 38.1 Å². The van der Waals surface area contributed by atoms with Gasteiger partial charge in [-0.3, -0.25) is 14.2 Å². The van der Waals surface area contributed by atoms with E-state index in [0.29, 0.717) is 32.5 Å². The van der Waals surface area contributed by atoms with Crippen LogP contribution < -0.4 is 15.6 Å². The van der Waals surface area contributed by atoms with Gasteiger partial charge in [-0.2, -0.15) is 0 Å². The molecule has 6 nitrogen and oxygen atoms in total. The molecule has 0 fully saturated rings. The lowest BCUT2D eigenvalue weighted by Gasteiger charge is -2.12. The third-order valence-electron chi connectivity index (χ3n) is 3.70. The van der Waals surface area contributed by atoms with Gasteiger partial charge in [-0.15, -0.1) is 11.3 Å². The van der Waals surface area contributed by atoms with Crippen LogP contribution in [0.5, 0.6) is 5.75 Å². The highest BCUT2D eigenvalue weighted by Crippen LogP contribution is 2.27. The van der Waals surface area contributed by atoms with E-state index in [1.54, 1.807) is 31.2 Å². The van der Waals surface area contributed by atoms with Crippen LogP contribution in [0.2, 0.25) is 5.02 Å². The number of thiophene rings is 1. The van der Waals surface area contributed by atoms with Crippen molar-refractivity contribution in [1.29, 1.82) is 0 Å². The van der Waals surface area contributed by atoms with Gasteiger partial charge in [0.2, 0.25) is 5.91 Å². The Morgan fingerprint density at radius 2 is 2.12 bits per heavy atom. The van der Waals surface area contributed by atoms with Crippen molar-refractivity contribution in [2.75, 3.05) is 12.4 Å². The van der Waals surface area contributed by atoms with Gasteiger partial charge in [0.15, 0.2) is 0 Å². The molecule has 0 spiro atoms. The summed E-state index contributed by atoms with van der Waals surface area (Å²) in [7, 11) is 1.50. The second kappa shape index (κ2) is 6.85. The fourth-order valence-corrected chi connectivity index (χ4v) is 3.62. The van der Waals surface area contributed by atoms with Crippen molar-refractivity contribution in [3.8, 4) is 5.75 Å². The molecule has 0 aliphatic heterocycles. The summed E-state index contributed by atoms with van der Waals surface area (Å²) in [6.07, 6.45) is 0. The number of halogens is 1. The van der Waals surface area contributed by atoms with Crippen LogP contribution in [0.15, 0.2) is 29.1 Å². The number of benzene rings is 1. The number of nitrogens with one attached hydrogen (secondary N) is 1. The lowest BCUT2D eigenvalue weighted by molar-refractivity contribution is -0.116. The summed E-state index contributed by atoms with van der Waals surface area (Å²) in [5.41, 5.74) is 0.228. The zero-order valence-corrected chi connectivity index (χ0v) is 15.5. The zero-order chi connectivity index (χ0) is 18.1. The number of carbonyl (C=O) groups excluding carboxylic acids is 1. The van der Waals surface area contributed by atoms with Crippen molar-refractivity contribution in [3.63, 3.8) is 0 Å². The van der Waals surface area contributed by atoms with Crippen LogP contribution in [0, 0.1) is 13.8 Å². The minimum atomic E-state index is -0.362. The number of hydrogen-bond acceptors (Lipinski definition) is 5. The van der Waals surface area contributed by atoms with Crippen molar-refractivity contribution in [3.05, 3.63) is 50.3 Å². The quantitative estimate of drug-likeness (QED) is 0.756. The summed E-state index contributed by atoms with van der Waals surface area (Å²) in [6, 6.07) is 6.72. The number of carbonyl (C=O) groups is 1. The predicted molar refractivity (Wildman–Crippen MR) is 100.0 cm³/mol. The highest BCUT2D eigenvalue weighted by Gasteiger charge is 2.15. The van der Waals surface area contributed by atoms with Gasteiger partial charge < -0.3 is 10.1 Å². The van der Waals surface area contributed by atoms with Crippen LogP contribution in [0.3, 0.4) is 0 Å². The Hall–Kier alpha value is -2.38. The molecule has 130 valence electrons. The van der Waals surface area contributed by atoms with E-state index < -0.39 is 0 Å². The van der Waals surface area contributed by atoms with Crippen LogP contribution in [-0.4, -0.2) is 22.6 Å². The number of anilines is 1. The van der Waals surface area contributed by atoms with Crippen LogP contribution in [-0.2, 0) is 11.3 Å². The number of methoxy groups -OCH3 is 1. The molecular formula is C17H16ClN3O3S. The summed E-state index contributed by atoms with van der Waals surface area (Å²) < 4.78 is 6.57. The molecule has 0 aliphatic carbocycles. The molecule has 0 saturated carbocycles. The van der Waals surface area contributed by atoms with Gasteiger partial charge in [-0.25, -0.2) is 4.98 Å². The standard InChI is InChI=1S/C17H16ClN3O3S/c1-9-6-12-16(25-9)19-10(2)21(17(12)23)8-15(22)20-13-7-11(18)4-5-14(13)24-3/h4-7H,8H2,1-3H3,(H,20,22). The number of aromatic nitrogens is 2. The molecule has 0 aliphatic rings. The topological polar surface area (TPSA) is 73.2 Å². The second-order valence-electron chi connectivity index (χ2n) is 5.52. The molecule has 8 heteroatoms. The van der Waals surface area contributed by atoms with E-state index in [9.17, 15) is 9.59 Å². The lowest BCUT2D eigenvalue weighted by atomic mass is 10.3. The Morgan fingerprint density at radius 1 is 1.36 bits per heavy atom. The summed E-state index contributed by atoms with van der Waals surface area (Å²) in [5, 5.41) is 3.73. The van der Waals surface area contributed by atoms with Crippen molar-refractivity contribution >= 4 is 44.7 Å². The molecule has 0 saturated heterocycles. The first-order valence-corrected chi connectivity index (χ1v) is 8.69. The molecule has 1 aromatic carbocycles. The van der Waals surface area contributed by atoms with E-state index in [1.807, 2.05) is 6.92 Å². The maximum Gasteiger partial charge on any atom is 0.262 e. The van der Waals surface area contributed by atoms with Crippen molar-refractivity contribution in [2.45, 2.75) is 20.4 Å². The number of rotatable bonds is 4. The Bertz CT molecular complexity index is 1030. The van der Waals surface area contributed by atoms with E-state index in [4.69, 9.17) is 16.3 Å². The maximum absolute atomic E-state index is 12.6. The van der Waals surface area contributed by atoms with E-state index in [2.05, 4.69) is 10.3 Å². The number of fused-ring (bicyclic) bond motifs is 1. The Balaban J connectivity index is 1.90. The van der Waals surface area contributed by atoms with Crippen LogP contribution in [0.1, 0.15) is 10.7 Å². The minimum absolute atomic E-state index is 0.141. The number of ether oxygens (including phenoxy) is 1. The average Bonchev–Trinajstić information content (AvgIpc) is 2.92. The van der Waals surface area contributed by atoms with Gasteiger partial charge in [0.25, 0.3) is 5.56 Å². The highest BCUT2D eigenvalue weighted by molar-refractivity contribution is 7.18. The first-order chi connectivity index (χ1) is 11.9. The summed E-state index contributed by atoms with van der Waals surface area (Å²) in [4.78, 5) is 31.2. The van der Waals surface area contributed by atoms with Crippen molar-refractivity contribution in [2.24, 2.45) is 0 Å². The van der Waals surface area contributed by atoms with Crippen molar-refractivity contribution < 1.29 is 9.53 Å². The first kappa shape index (κ1) is 17.4. The molecular weight excluding hydrogens is 362 g/mol. The van der Waals surface area contributed by atoms with E-state index >= 15 is 0 Å². The minimum Gasteiger partial charge on any atom is -0.495 e. The normalized spacial score (nSPS) is 10.9. The molecule has 3 aromatic rings. The summed E-state index contributed by atoms with van der Waals surface area (Å²) in [5.74, 6) is 0.621. The van der Waals surface area contributed by atoms with E-state index in [1.165, 1.54) is 23.0 Å². The van der Waals surface area contributed by atoms with Crippen LogP contribution in [0.25, 0.3) is 10.2 Å². The van der Waals surface area contributed by atoms with Gasteiger partial charge in [0.1, 0.15) is 22.9 Å². The summed E-state index contributed by atoms with van der Waals surface area (Å²) >= 11 is 7.43. The molecule has 0 radical (unpaired) electrons. The van der Waals surface area contributed by atoms with Gasteiger partial charge in [0, 0.05) is 9.90 Å². The monoisotopic (exact) mass is 377 g/mol. The molecule has 1 amide bonds. The number of aryl methyl sites for hydroxylation is 2. The second-order valence-corrected chi connectivity index (χ2v) is 7.19. The zero-order valence-electron chi connectivity index (χ0n) is 13.9. The van der Waals surface area contributed by atoms with Crippen LogP contribution in [0.4, 0.5) is 5.69 Å². The lowest BCUT2D eigenvalue weighted by Crippen LogP contribution is -2.30. The predicted octanol–water partition coefficient (Wildman–Crippen LogP) is 3.38. The molecule has 1 N–H and O–H groups in total. The number of amides is 1. The largest absolute Gasteiger partial charge is 0.495 e. The Kier molecular flexibility index (Phi) is 4.78. The Labute approximate surface area is 153 Å². The molecule has 3 rings (SSSR count). The Morgan fingerprint density at radius 3 is 2.84 bits per heavy atom. The molecule has 25 heavy (non-hydrogen) atoms. The van der Waals surface area contributed by atoms with E-state index in [0.717, 1.165) is 4.88 Å². The fraction of sp³-hybridized carbons (Fsp3) is 0.235. The van der Waals surface area contributed by atoms with Gasteiger partial charge in [0.05, 0.1) is 18.2 Å². The van der Waals surface area contributed by atoms with E-state index in [-0.39, 0.29) is 18.0 Å². The SMILES string of the molecule is COc1ccc(Cl)cc1NC(=O)Cn1c(C)nc2sc(C)cc2c1=O. The van der Waals surface area contributed by atoms with Gasteiger partial charge >= 0.3 is 0 Å². The number of hydrogen-bond donors (Lipinski definition) is 1. The summed E-state index contributed by atoms with van der Waals surface area (Å²) in [6.45, 7) is 3.49. The third-order valence-corrected chi connectivity index (χ3v) is 4.88. The average molecular weight is 378 g/mol. The van der Waals surface area contributed by atoms with Gasteiger partial charge in [-0.1, -0.05) is 11.6 Å². The number of nitrogens with zero attached hydrogens (tertiary/aromatic N) is 2. The highest BCUT2D eigenvalue weighted by atomic mass is 35.5. The molecule has 0 bridgehead atoms. The fourth-order valence-electron chi connectivity index (χ4n) is 2.54. The van der Waals surface area contributed by atoms with Crippen molar-refractivity contribution in [1.82, 2.24) is 9.55 Å². The third kappa shape index (κ3) is 3.52. The maximum atomic E-state index is 12.6. The molecule has 0 atom stereocenters. The van der Waals surface area contributed by atoms with Crippen LogP contribution >= 0.6 is 22.9 Å². The smallest absolute Gasteiger partial charge is 0.262 e. The molecule has 0 unspecified atom stereocenters. The molecule has 2 heterocycles. The first-order valence-electron chi connectivity index (χ1n) is 7.50. The molecule has 2 aromatic heterocycles.